The lowest BCUT2D eigenvalue weighted by Gasteiger charge is -2.26. The van der Waals surface area contributed by atoms with E-state index in [1.54, 1.807) is 11.8 Å². The van der Waals surface area contributed by atoms with Gasteiger partial charge in [-0.05, 0) is 20.8 Å². The number of thioether (sulfide) groups is 1. The second kappa shape index (κ2) is 4.33. The van der Waals surface area contributed by atoms with Crippen LogP contribution in [0, 0.1) is 0 Å². The van der Waals surface area contributed by atoms with Gasteiger partial charge in [0.25, 0.3) is 0 Å². The maximum absolute atomic E-state index is 11.2. The van der Waals surface area contributed by atoms with Crippen LogP contribution in [0.15, 0.2) is 0 Å². The summed E-state index contributed by atoms with van der Waals surface area (Å²) in [4.78, 5) is 11.2. The maximum atomic E-state index is 11.2. The Bertz CT molecular complexity index is 185. The van der Waals surface area contributed by atoms with Crippen molar-refractivity contribution in [2.75, 3.05) is 18.8 Å². The highest BCUT2D eigenvalue weighted by Crippen LogP contribution is 2.16. The van der Waals surface area contributed by atoms with Gasteiger partial charge >= 0.3 is 5.97 Å². The summed E-state index contributed by atoms with van der Waals surface area (Å²) < 4.78 is 5.18. The molecule has 0 unspecified atom stereocenters. The summed E-state index contributed by atoms with van der Waals surface area (Å²) in [5.41, 5.74) is -0.352. The fourth-order valence-electron chi connectivity index (χ4n) is 0.937. The molecular weight excluding hydrogens is 186 g/mol. The second-order valence-corrected chi connectivity index (χ2v) is 5.47. The monoisotopic (exact) mass is 203 g/mol. The minimum Gasteiger partial charge on any atom is -0.459 e. The third kappa shape index (κ3) is 4.52. The smallest absolute Gasteiger partial charge is 0.316 e. The van der Waals surface area contributed by atoms with Gasteiger partial charge in [0, 0.05) is 18.3 Å². The van der Waals surface area contributed by atoms with Crippen molar-refractivity contribution >= 4 is 17.7 Å². The molecule has 1 rings (SSSR count). The van der Waals surface area contributed by atoms with Crippen molar-refractivity contribution in [3.8, 4) is 0 Å². The van der Waals surface area contributed by atoms with E-state index in [2.05, 4.69) is 5.32 Å². The largest absolute Gasteiger partial charge is 0.459 e. The number of rotatable bonds is 3. The molecule has 76 valence electrons. The van der Waals surface area contributed by atoms with Gasteiger partial charge in [-0.25, -0.2) is 0 Å². The van der Waals surface area contributed by atoms with Crippen LogP contribution in [-0.2, 0) is 9.53 Å². The van der Waals surface area contributed by atoms with Crippen molar-refractivity contribution in [1.29, 1.82) is 0 Å². The van der Waals surface area contributed by atoms with Crippen LogP contribution < -0.4 is 5.32 Å². The van der Waals surface area contributed by atoms with E-state index in [9.17, 15) is 4.79 Å². The number of ether oxygens (including phenoxy) is 1. The predicted octanol–water partition coefficient (Wildman–Crippen LogP) is 1.03. The Kier molecular flexibility index (Phi) is 3.62. The number of esters is 1. The van der Waals surface area contributed by atoms with Crippen molar-refractivity contribution in [3.63, 3.8) is 0 Å². The van der Waals surface area contributed by atoms with E-state index in [1.165, 1.54) is 0 Å². The summed E-state index contributed by atoms with van der Waals surface area (Å²) >= 11 is 1.67. The summed E-state index contributed by atoms with van der Waals surface area (Å²) in [6, 6.07) is 0. The number of nitrogens with one attached hydrogen (secondary N) is 1. The summed E-state index contributed by atoms with van der Waals surface area (Å²) in [7, 11) is 0. The molecule has 1 N–H and O–H groups in total. The molecule has 0 spiro atoms. The van der Waals surface area contributed by atoms with Gasteiger partial charge in [-0.1, -0.05) is 0 Å². The molecule has 0 amide bonds. The van der Waals surface area contributed by atoms with Gasteiger partial charge in [-0.3, -0.25) is 4.79 Å². The Morgan fingerprint density at radius 1 is 1.54 bits per heavy atom. The van der Waals surface area contributed by atoms with Crippen LogP contribution in [0.2, 0.25) is 0 Å². The first-order valence-corrected chi connectivity index (χ1v) is 5.56. The van der Waals surface area contributed by atoms with Gasteiger partial charge in [0.15, 0.2) is 0 Å². The van der Waals surface area contributed by atoms with Crippen LogP contribution in [0.3, 0.4) is 0 Å². The molecule has 0 aromatic rings. The minimum absolute atomic E-state index is 0.107. The summed E-state index contributed by atoms with van der Waals surface area (Å²) in [6.07, 6.45) is 0. The second-order valence-electron chi connectivity index (χ2n) is 4.18. The molecule has 0 aliphatic carbocycles. The van der Waals surface area contributed by atoms with Crippen LogP contribution in [0.1, 0.15) is 20.8 Å². The zero-order valence-electron chi connectivity index (χ0n) is 8.42. The van der Waals surface area contributed by atoms with E-state index in [0.717, 1.165) is 13.1 Å². The van der Waals surface area contributed by atoms with Crippen molar-refractivity contribution < 1.29 is 9.53 Å². The van der Waals surface area contributed by atoms with Crippen molar-refractivity contribution in [2.45, 2.75) is 31.6 Å². The van der Waals surface area contributed by atoms with Crippen LogP contribution >= 0.6 is 11.8 Å². The zero-order chi connectivity index (χ0) is 9.90. The van der Waals surface area contributed by atoms with Crippen molar-refractivity contribution in [3.05, 3.63) is 0 Å². The molecule has 3 nitrogen and oxygen atoms in total. The number of carbonyl (C=O) groups is 1. The highest BCUT2D eigenvalue weighted by atomic mass is 32.2. The normalized spacial score (nSPS) is 18.1. The lowest BCUT2D eigenvalue weighted by atomic mass is 10.2. The highest BCUT2D eigenvalue weighted by Gasteiger charge is 2.21. The van der Waals surface area contributed by atoms with Gasteiger partial charge in [0.05, 0.1) is 5.75 Å². The number of hydrogen-bond acceptors (Lipinski definition) is 4. The molecule has 0 aromatic heterocycles. The van der Waals surface area contributed by atoms with Gasteiger partial charge < -0.3 is 10.1 Å². The van der Waals surface area contributed by atoms with Gasteiger partial charge in [0.1, 0.15) is 5.60 Å². The van der Waals surface area contributed by atoms with Gasteiger partial charge in [0.2, 0.25) is 0 Å². The quantitative estimate of drug-likeness (QED) is 0.695. The zero-order valence-corrected chi connectivity index (χ0v) is 9.24. The number of hydrogen-bond donors (Lipinski definition) is 1. The first-order valence-electron chi connectivity index (χ1n) is 4.51. The Morgan fingerprint density at radius 3 is 2.54 bits per heavy atom. The molecule has 0 atom stereocenters. The first kappa shape index (κ1) is 10.9. The average Bonchev–Trinajstić information content (AvgIpc) is 1.78. The molecule has 4 heteroatoms. The summed E-state index contributed by atoms with van der Waals surface area (Å²) in [5, 5.41) is 3.76. The van der Waals surface area contributed by atoms with E-state index >= 15 is 0 Å². The van der Waals surface area contributed by atoms with E-state index in [-0.39, 0.29) is 11.6 Å². The molecule has 0 bridgehead atoms. The third-order valence-electron chi connectivity index (χ3n) is 1.60. The molecule has 0 saturated carbocycles. The molecule has 1 saturated heterocycles. The SMILES string of the molecule is CC(C)(C)OC(=O)CSC1CNC1. The van der Waals surface area contributed by atoms with Crippen molar-refractivity contribution in [1.82, 2.24) is 5.32 Å². The molecule has 13 heavy (non-hydrogen) atoms. The van der Waals surface area contributed by atoms with E-state index < -0.39 is 0 Å². The standard InChI is InChI=1S/C9H17NO2S/c1-9(2,3)12-8(11)6-13-7-4-10-5-7/h7,10H,4-6H2,1-3H3. The molecule has 0 aromatic carbocycles. The van der Waals surface area contributed by atoms with E-state index in [4.69, 9.17) is 4.74 Å². The minimum atomic E-state index is -0.352. The molecule has 1 aliphatic rings. The van der Waals surface area contributed by atoms with Crippen molar-refractivity contribution in [2.24, 2.45) is 0 Å². The van der Waals surface area contributed by atoms with Crippen LogP contribution in [0.4, 0.5) is 0 Å². The molecule has 0 radical (unpaired) electrons. The van der Waals surface area contributed by atoms with Crippen LogP contribution in [0.5, 0.6) is 0 Å². The molecule has 1 heterocycles. The Balaban J connectivity index is 2.10. The topological polar surface area (TPSA) is 38.3 Å². The lowest BCUT2D eigenvalue weighted by Crippen LogP contribution is -2.45. The Morgan fingerprint density at radius 2 is 2.15 bits per heavy atom. The van der Waals surface area contributed by atoms with E-state index in [1.807, 2.05) is 20.8 Å². The summed E-state index contributed by atoms with van der Waals surface area (Å²) in [6.45, 7) is 7.71. The molecule has 1 fully saturated rings. The fourth-order valence-corrected chi connectivity index (χ4v) is 1.84. The average molecular weight is 203 g/mol. The highest BCUT2D eigenvalue weighted by molar-refractivity contribution is 8.00. The lowest BCUT2D eigenvalue weighted by molar-refractivity contribution is -0.151. The van der Waals surface area contributed by atoms with Crippen LogP contribution in [0.25, 0.3) is 0 Å². The van der Waals surface area contributed by atoms with Crippen LogP contribution in [-0.4, -0.2) is 35.7 Å². The summed E-state index contributed by atoms with van der Waals surface area (Å²) in [5.74, 6) is 0.369. The fraction of sp³-hybridized carbons (Fsp3) is 0.889. The Labute approximate surface area is 83.6 Å². The predicted molar refractivity (Wildman–Crippen MR) is 55.0 cm³/mol. The molecular formula is C9H17NO2S. The first-order chi connectivity index (χ1) is 5.97. The number of carbonyl (C=O) groups excluding carboxylic acids is 1. The van der Waals surface area contributed by atoms with Gasteiger partial charge in [-0.2, -0.15) is 0 Å². The van der Waals surface area contributed by atoms with E-state index in [0.29, 0.717) is 11.0 Å². The third-order valence-corrected chi connectivity index (χ3v) is 2.81. The Hall–Kier alpha value is -0.220. The maximum Gasteiger partial charge on any atom is 0.316 e. The molecule has 1 aliphatic heterocycles. The van der Waals surface area contributed by atoms with Gasteiger partial charge in [-0.15, -0.1) is 11.8 Å².